The highest BCUT2D eigenvalue weighted by atomic mass is 15.2. The fraction of sp³-hybridized carbons (Fsp3) is 0.824. The van der Waals surface area contributed by atoms with Crippen molar-refractivity contribution in [2.45, 2.75) is 60.4 Å². The number of hydrogen-bond acceptors (Lipinski definition) is 3. The van der Waals surface area contributed by atoms with Gasteiger partial charge in [0.25, 0.3) is 0 Å². The maximum atomic E-state index is 4.62. The Morgan fingerprint density at radius 2 is 1.90 bits per heavy atom. The van der Waals surface area contributed by atoms with Gasteiger partial charge in [0.05, 0.1) is 5.69 Å². The minimum atomic E-state index is 0.497. The summed E-state index contributed by atoms with van der Waals surface area (Å²) >= 11 is 0. The molecule has 1 rings (SSSR count). The van der Waals surface area contributed by atoms with Gasteiger partial charge in [-0.25, -0.2) is 4.98 Å². The van der Waals surface area contributed by atoms with E-state index in [2.05, 4.69) is 67.5 Å². The third-order valence-electron chi connectivity index (χ3n) is 3.99. The predicted molar refractivity (Wildman–Crippen MR) is 92.0 cm³/mol. The van der Waals surface area contributed by atoms with E-state index in [4.69, 9.17) is 0 Å². The maximum absolute atomic E-state index is 4.62. The first-order valence-electron chi connectivity index (χ1n) is 8.49. The Morgan fingerprint density at radius 1 is 1.24 bits per heavy atom. The van der Waals surface area contributed by atoms with Gasteiger partial charge < -0.3 is 14.8 Å². The van der Waals surface area contributed by atoms with E-state index in [0.717, 1.165) is 31.3 Å². The molecule has 0 spiro atoms. The average Bonchev–Trinajstić information content (AvgIpc) is 2.82. The van der Waals surface area contributed by atoms with Gasteiger partial charge in [-0.2, -0.15) is 0 Å². The lowest BCUT2D eigenvalue weighted by Crippen LogP contribution is -2.24. The first kappa shape index (κ1) is 18.0. The zero-order chi connectivity index (χ0) is 15.8. The van der Waals surface area contributed by atoms with Crippen LogP contribution in [-0.4, -0.2) is 40.6 Å². The third-order valence-corrected chi connectivity index (χ3v) is 3.99. The van der Waals surface area contributed by atoms with Crippen molar-refractivity contribution < 1.29 is 0 Å². The molecule has 0 aliphatic carbocycles. The van der Waals surface area contributed by atoms with Crippen LogP contribution in [0.1, 0.15) is 59.2 Å². The third kappa shape index (κ3) is 6.08. The van der Waals surface area contributed by atoms with E-state index in [-0.39, 0.29) is 0 Å². The molecule has 0 radical (unpaired) electrons. The van der Waals surface area contributed by atoms with E-state index in [1.54, 1.807) is 0 Å². The second-order valence-electron chi connectivity index (χ2n) is 6.41. The zero-order valence-corrected chi connectivity index (χ0v) is 14.8. The molecule has 0 aliphatic heterocycles. The van der Waals surface area contributed by atoms with Crippen molar-refractivity contribution in [2.24, 2.45) is 5.92 Å². The quantitative estimate of drug-likeness (QED) is 0.709. The molecular formula is C17H34N4. The summed E-state index contributed by atoms with van der Waals surface area (Å²) in [6.07, 6.45) is 4.61. The second kappa shape index (κ2) is 9.08. The van der Waals surface area contributed by atoms with Crippen LogP contribution in [0.3, 0.4) is 0 Å². The van der Waals surface area contributed by atoms with Crippen molar-refractivity contribution in [2.75, 3.05) is 31.5 Å². The lowest BCUT2D eigenvalue weighted by Gasteiger charge is -2.21. The summed E-state index contributed by atoms with van der Waals surface area (Å²) in [7, 11) is 0. The predicted octanol–water partition coefficient (Wildman–Crippen LogP) is 3.94. The molecule has 0 saturated carbocycles. The highest BCUT2D eigenvalue weighted by Gasteiger charge is 2.12. The molecule has 21 heavy (non-hydrogen) atoms. The van der Waals surface area contributed by atoms with E-state index >= 15 is 0 Å². The Bertz CT molecular complexity index is 393. The van der Waals surface area contributed by atoms with Crippen molar-refractivity contribution in [1.82, 2.24) is 14.5 Å². The van der Waals surface area contributed by atoms with Gasteiger partial charge in [0.15, 0.2) is 0 Å². The van der Waals surface area contributed by atoms with Crippen molar-refractivity contribution in [1.29, 1.82) is 0 Å². The molecule has 1 heterocycles. The van der Waals surface area contributed by atoms with Crippen molar-refractivity contribution in [3.8, 4) is 0 Å². The van der Waals surface area contributed by atoms with E-state index in [1.165, 1.54) is 19.4 Å². The molecule has 4 heteroatoms. The van der Waals surface area contributed by atoms with E-state index in [1.807, 2.05) is 0 Å². The number of nitrogens with one attached hydrogen (secondary N) is 1. The molecule has 0 saturated heterocycles. The highest BCUT2D eigenvalue weighted by molar-refractivity contribution is 5.29. The lowest BCUT2D eigenvalue weighted by molar-refractivity contribution is 0.288. The number of imidazole rings is 1. The molecule has 0 aliphatic rings. The van der Waals surface area contributed by atoms with Gasteiger partial charge in [-0.3, -0.25) is 0 Å². The number of rotatable bonds is 10. The van der Waals surface area contributed by atoms with Gasteiger partial charge in [0.1, 0.15) is 0 Å². The zero-order valence-electron chi connectivity index (χ0n) is 14.8. The van der Waals surface area contributed by atoms with Crippen LogP contribution in [0, 0.1) is 12.8 Å². The summed E-state index contributed by atoms with van der Waals surface area (Å²) in [6.45, 7) is 17.7. The summed E-state index contributed by atoms with van der Waals surface area (Å²) < 4.78 is 2.31. The summed E-state index contributed by atoms with van der Waals surface area (Å²) in [6, 6.07) is 0.497. The van der Waals surface area contributed by atoms with Gasteiger partial charge >= 0.3 is 0 Å². The molecule has 4 nitrogen and oxygen atoms in total. The summed E-state index contributed by atoms with van der Waals surface area (Å²) in [5, 5.41) is 3.48. The van der Waals surface area contributed by atoms with Gasteiger partial charge in [0, 0.05) is 18.8 Å². The van der Waals surface area contributed by atoms with Crippen LogP contribution < -0.4 is 5.32 Å². The van der Waals surface area contributed by atoms with Crippen LogP contribution in [0.2, 0.25) is 0 Å². The van der Waals surface area contributed by atoms with Crippen LogP contribution in [0.15, 0.2) is 6.20 Å². The van der Waals surface area contributed by atoms with Crippen molar-refractivity contribution in [3.63, 3.8) is 0 Å². The number of hydrogen-bond donors (Lipinski definition) is 1. The fourth-order valence-electron chi connectivity index (χ4n) is 2.57. The molecule has 0 bridgehead atoms. The summed E-state index contributed by atoms with van der Waals surface area (Å²) in [5.74, 6) is 1.66. The summed E-state index contributed by atoms with van der Waals surface area (Å²) in [5.41, 5.74) is 1.09. The van der Waals surface area contributed by atoms with E-state index in [9.17, 15) is 0 Å². The lowest BCUT2D eigenvalue weighted by atomic mass is 10.1. The van der Waals surface area contributed by atoms with Crippen LogP contribution in [0.4, 0.5) is 5.95 Å². The van der Waals surface area contributed by atoms with Crippen LogP contribution in [0.25, 0.3) is 0 Å². The van der Waals surface area contributed by atoms with Gasteiger partial charge in [-0.15, -0.1) is 0 Å². The number of aryl methyl sites for hydroxylation is 1. The normalized spacial score (nSPS) is 13.1. The number of aromatic nitrogens is 2. The molecule has 1 N–H and O–H groups in total. The highest BCUT2D eigenvalue weighted by Crippen LogP contribution is 2.20. The molecule has 0 amide bonds. The van der Waals surface area contributed by atoms with Crippen molar-refractivity contribution in [3.05, 3.63) is 11.9 Å². The monoisotopic (exact) mass is 294 g/mol. The molecule has 1 unspecified atom stereocenters. The second-order valence-corrected chi connectivity index (χ2v) is 6.41. The van der Waals surface area contributed by atoms with Gasteiger partial charge in [-0.1, -0.05) is 27.7 Å². The molecule has 0 aromatic carbocycles. The summed E-state index contributed by atoms with van der Waals surface area (Å²) in [4.78, 5) is 7.11. The molecular weight excluding hydrogens is 260 g/mol. The van der Waals surface area contributed by atoms with E-state index < -0.39 is 0 Å². The maximum Gasteiger partial charge on any atom is 0.203 e. The van der Waals surface area contributed by atoms with Gasteiger partial charge in [0.2, 0.25) is 5.95 Å². The first-order valence-corrected chi connectivity index (χ1v) is 8.49. The molecule has 1 aromatic heterocycles. The van der Waals surface area contributed by atoms with Gasteiger partial charge in [-0.05, 0) is 52.2 Å². The Hall–Kier alpha value is -1.03. The van der Waals surface area contributed by atoms with Crippen molar-refractivity contribution >= 4 is 5.95 Å². The van der Waals surface area contributed by atoms with Crippen LogP contribution in [-0.2, 0) is 0 Å². The average molecular weight is 294 g/mol. The Morgan fingerprint density at radius 3 is 2.48 bits per heavy atom. The fourth-order valence-corrected chi connectivity index (χ4v) is 2.57. The molecule has 0 fully saturated rings. The minimum Gasteiger partial charge on any atom is -0.355 e. The van der Waals surface area contributed by atoms with Crippen LogP contribution in [0.5, 0.6) is 0 Å². The molecule has 122 valence electrons. The molecule has 1 aromatic rings. The largest absolute Gasteiger partial charge is 0.355 e. The Balaban J connectivity index is 2.54. The standard InChI is InChI=1S/C17H34N4/c1-7-20(8-2)11-9-10-16(6)21-13-15(5)19-17(21)18-12-14(3)4/h13-14,16H,7-12H2,1-6H3,(H,18,19). The molecule has 1 atom stereocenters. The van der Waals surface area contributed by atoms with Crippen LogP contribution >= 0.6 is 0 Å². The van der Waals surface area contributed by atoms with E-state index in [0.29, 0.717) is 12.0 Å². The Labute approximate surface area is 130 Å². The minimum absolute atomic E-state index is 0.497. The topological polar surface area (TPSA) is 33.1 Å². The SMILES string of the molecule is CCN(CC)CCCC(C)n1cc(C)nc1NCC(C)C. The Kier molecular flexibility index (Phi) is 7.79. The number of anilines is 1. The smallest absolute Gasteiger partial charge is 0.203 e. The number of nitrogens with zero attached hydrogens (tertiary/aromatic N) is 3. The first-order chi connectivity index (χ1) is 9.97.